The summed E-state index contributed by atoms with van der Waals surface area (Å²) in [6.07, 6.45) is 8.64. The average Bonchev–Trinajstić information content (AvgIpc) is 2.95. The summed E-state index contributed by atoms with van der Waals surface area (Å²) < 4.78 is 0. The highest BCUT2D eigenvalue weighted by Crippen LogP contribution is 2.42. The lowest BCUT2D eigenvalue weighted by Gasteiger charge is -2.42. The van der Waals surface area contributed by atoms with Crippen molar-refractivity contribution in [3.63, 3.8) is 0 Å². The number of piperidine rings is 1. The fraction of sp³-hybridized carbons (Fsp3) is 0.514. The Labute approximate surface area is 241 Å². The molecule has 1 aliphatic heterocycles. The molecule has 2 unspecified atom stereocenters. The van der Waals surface area contributed by atoms with Crippen LogP contribution in [0, 0.1) is 23.2 Å². The molecule has 1 fully saturated rings. The third kappa shape index (κ3) is 7.93. The van der Waals surface area contributed by atoms with Gasteiger partial charge in [0.1, 0.15) is 5.60 Å². The first-order valence-corrected chi connectivity index (χ1v) is 14.8. The molecule has 0 aliphatic carbocycles. The van der Waals surface area contributed by atoms with Crippen LogP contribution in [0.2, 0.25) is 0 Å². The molecule has 5 nitrogen and oxygen atoms in total. The van der Waals surface area contributed by atoms with Crippen molar-refractivity contribution in [1.29, 1.82) is 0 Å². The summed E-state index contributed by atoms with van der Waals surface area (Å²) in [6.45, 7) is 12.3. The molecule has 1 aliphatic rings. The van der Waals surface area contributed by atoms with E-state index < -0.39 is 23.1 Å². The van der Waals surface area contributed by atoms with Crippen LogP contribution in [0.15, 0.2) is 84.5 Å². The minimum atomic E-state index is -1.01. The number of allylic oxidation sites excluding steroid dienone is 2. The maximum atomic E-state index is 12.1. The van der Waals surface area contributed by atoms with Crippen molar-refractivity contribution < 1.29 is 20.1 Å². The number of nitrogens with zero attached hydrogens (tertiary/aromatic N) is 1. The van der Waals surface area contributed by atoms with E-state index in [2.05, 4.69) is 24.8 Å². The van der Waals surface area contributed by atoms with Gasteiger partial charge < -0.3 is 20.2 Å². The maximum absolute atomic E-state index is 12.1. The largest absolute Gasteiger partial charge is 0.481 e. The highest BCUT2D eigenvalue weighted by Gasteiger charge is 2.41. The van der Waals surface area contributed by atoms with Gasteiger partial charge in [0.25, 0.3) is 0 Å². The highest BCUT2D eigenvalue weighted by atomic mass is 16.4. The molecule has 218 valence electrons. The quantitative estimate of drug-likeness (QED) is 0.244. The van der Waals surface area contributed by atoms with Gasteiger partial charge in [-0.3, -0.25) is 4.79 Å². The Morgan fingerprint density at radius 2 is 1.50 bits per heavy atom. The van der Waals surface area contributed by atoms with Crippen LogP contribution in [0.3, 0.4) is 0 Å². The Bertz CT molecular complexity index is 1080. The Kier molecular flexibility index (Phi) is 11.3. The number of carboxylic acid groups (broad SMARTS) is 1. The van der Waals surface area contributed by atoms with Gasteiger partial charge in [-0.25, -0.2) is 0 Å². The molecule has 0 saturated carbocycles. The maximum Gasteiger partial charge on any atom is 0.309 e. The molecule has 0 radical (unpaired) electrons. The first-order chi connectivity index (χ1) is 19.0. The van der Waals surface area contributed by atoms with Crippen molar-refractivity contribution >= 4 is 5.97 Å². The van der Waals surface area contributed by atoms with Gasteiger partial charge in [-0.2, -0.15) is 0 Å². The third-order valence-electron chi connectivity index (χ3n) is 8.74. The summed E-state index contributed by atoms with van der Waals surface area (Å²) in [5.41, 5.74) is 0.865. The van der Waals surface area contributed by atoms with E-state index in [-0.39, 0.29) is 17.8 Å². The number of hydrogen-bond acceptors (Lipinski definition) is 4. The Morgan fingerprint density at radius 3 is 1.98 bits per heavy atom. The molecule has 0 amide bonds. The Hall–Kier alpha value is -2.73. The topological polar surface area (TPSA) is 81.0 Å². The summed E-state index contributed by atoms with van der Waals surface area (Å²) in [6, 6.07) is 20.1. The summed E-state index contributed by atoms with van der Waals surface area (Å²) >= 11 is 0. The van der Waals surface area contributed by atoms with Gasteiger partial charge >= 0.3 is 5.97 Å². The molecule has 40 heavy (non-hydrogen) atoms. The molecule has 0 bridgehead atoms. The number of carbonyl (C=O) groups is 1. The summed E-state index contributed by atoms with van der Waals surface area (Å²) in [5.74, 6) is -0.584. The number of carboxylic acids is 1. The number of benzene rings is 2. The lowest BCUT2D eigenvalue weighted by Crippen LogP contribution is -2.44. The van der Waals surface area contributed by atoms with Crippen molar-refractivity contribution in [2.24, 2.45) is 23.2 Å². The van der Waals surface area contributed by atoms with Crippen LogP contribution in [0.5, 0.6) is 0 Å². The molecule has 0 aromatic heterocycles. The molecule has 5 heteroatoms. The van der Waals surface area contributed by atoms with Gasteiger partial charge in [-0.1, -0.05) is 99.7 Å². The van der Waals surface area contributed by atoms with Crippen molar-refractivity contribution in [3.8, 4) is 0 Å². The second kappa shape index (κ2) is 14.2. The van der Waals surface area contributed by atoms with Crippen LogP contribution in [0.4, 0.5) is 0 Å². The van der Waals surface area contributed by atoms with E-state index in [1.54, 1.807) is 13.8 Å². The lowest BCUT2D eigenvalue weighted by atomic mass is 9.72. The monoisotopic (exact) mass is 547 g/mol. The minimum Gasteiger partial charge on any atom is -0.481 e. The number of likely N-dealkylation sites (tertiary alicyclic amines) is 1. The smallest absolute Gasteiger partial charge is 0.309 e. The number of hydrogen-bond donors (Lipinski definition) is 3. The van der Waals surface area contributed by atoms with E-state index in [0.29, 0.717) is 6.42 Å². The van der Waals surface area contributed by atoms with Crippen LogP contribution >= 0.6 is 0 Å². The normalized spacial score (nSPS) is 17.9. The zero-order valence-electron chi connectivity index (χ0n) is 25.0. The lowest BCUT2D eigenvalue weighted by molar-refractivity contribution is -0.148. The number of aliphatic hydroxyl groups is 2. The standard InChI is InChI=1S/C35H49NO4/c1-26(2)25-28(19-18-27(3)34(4,5)33(38)39)32(37)17-12-22-36-23-20-31(21-24-36)35(40,29-13-8-6-9-14-29)30-15-10-7-11-16-30/h6-11,13-16,18-19,25-27,31-32,37,40H,12,17,20-24H2,1-5H3,(H,38,39)/b19-18-,28-25+. The molecule has 2 aromatic carbocycles. The van der Waals surface area contributed by atoms with Crippen LogP contribution < -0.4 is 0 Å². The zero-order chi connectivity index (χ0) is 29.3. The van der Waals surface area contributed by atoms with Gasteiger partial charge in [-0.15, -0.1) is 0 Å². The van der Waals surface area contributed by atoms with E-state index in [4.69, 9.17) is 0 Å². The molecule has 1 saturated heterocycles. The fourth-order valence-electron chi connectivity index (χ4n) is 5.63. The molecule has 0 spiro atoms. The van der Waals surface area contributed by atoms with E-state index in [9.17, 15) is 20.1 Å². The van der Waals surface area contributed by atoms with E-state index in [1.165, 1.54) is 0 Å². The van der Waals surface area contributed by atoms with Gasteiger partial charge in [0, 0.05) is 0 Å². The molecule has 3 rings (SSSR count). The van der Waals surface area contributed by atoms with E-state index in [1.807, 2.05) is 79.7 Å². The summed E-state index contributed by atoms with van der Waals surface area (Å²) in [7, 11) is 0. The van der Waals surface area contributed by atoms with Crippen LogP contribution in [0.25, 0.3) is 0 Å². The van der Waals surface area contributed by atoms with Gasteiger partial charge in [0.05, 0.1) is 11.5 Å². The predicted octanol–water partition coefficient (Wildman–Crippen LogP) is 6.66. The first kappa shape index (κ1) is 31.8. The van der Waals surface area contributed by atoms with Crippen LogP contribution in [-0.2, 0) is 10.4 Å². The third-order valence-corrected chi connectivity index (χ3v) is 8.74. The van der Waals surface area contributed by atoms with Crippen molar-refractivity contribution in [1.82, 2.24) is 4.90 Å². The van der Waals surface area contributed by atoms with Crippen molar-refractivity contribution in [2.75, 3.05) is 19.6 Å². The van der Waals surface area contributed by atoms with Crippen LogP contribution in [-0.4, -0.2) is 51.9 Å². The Morgan fingerprint density at radius 1 is 0.975 bits per heavy atom. The SMILES string of the molecule is CC(C)/C=C(\C=C/C(C)C(C)(C)C(=O)O)C(O)CCCN1CCC(C(O)(c2ccccc2)c2ccccc2)CC1. The molecule has 3 N–H and O–H groups in total. The predicted molar refractivity (Wildman–Crippen MR) is 163 cm³/mol. The van der Waals surface area contributed by atoms with Crippen molar-refractivity contribution in [2.45, 2.75) is 72.0 Å². The van der Waals surface area contributed by atoms with Gasteiger partial charge in [0.15, 0.2) is 0 Å². The molecule has 2 aromatic rings. The van der Waals surface area contributed by atoms with Crippen LogP contribution in [0.1, 0.15) is 71.4 Å². The van der Waals surface area contributed by atoms with E-state index in [0.717, 1.165) is 55.6 Å². The number of aliphatic carboxylic acids is 1. The summed E-state index contributed by atoms with van der Waals surface area (Å²) in [5, 5.41) is 32.7. The minimum absolute atomic E-state index is 0.127. The number of aliphatic hydroxyl groups excluding tert-OH is 1. The molecular formula is C35H49NO4. The molecule has 1 heterocycles. The number of rotatable bonds is 13. The second-order valence-corrected chi connectivity index (χ2v) is 12.4. The fourth-order valence-corrected chi connectivity index (χ4v) is 5.63. The van der Waals surface area contributed by atoms with Crippen molar-refractivity contribution in [3.05, 3.63) is 95.6 Å². The molecule has 2 atom stereocenters. The first-order valence-electron chi connectivity index (χ1n) is 14.8. The second-order valence-electron chi connectivity index (χ2n) is 12.4. The molecular weight excluding hydrogens is 498 g/mol. The average molecular weight is 548 g/mol. The highest BCUT2D eigenvalue weighted by molar-refractivity contribution is 5.74. The van der Waals surface area contributed by atoms with E-state index >= 15 is 0 Å². The van der Waals surface area contributed by atoms with Gasteiger partial charge in [0.2, 0.25) is 0 Å². The summed E-state index contributed by atoms with van der Waals surface area (Å²) in [4.78, 5) is 14.1. The van der Waals surface area contributed by atoms with Gasteiger partial charge in [-0.05, 0) is 93.6 Å². The Balaban J connectivity index is 1.58. The zero-order valence-corrected chi connectivity index (χ0v) is 25.0.